The molecule has 0 saturated heterocycles. The van der Waals surface area contributed by atoms with Crippen LogP contribution in [0.4, 0.5) is 0 Å². The van der Waals surface area contributed by atoms with E-state index >= 15 is 0 Å². The van der Waals surface area contributed by atoms with Gasteiger partial charge >= 0.3 is 5.97 Å². The van der Waals surface area contributed by atoms with Crippen molar-refractivity contribution in [1.82, 2.24) is 5.32 Å². The summed E-state index contributed by atoms with van der Waals surface area (Å²) in [5.74, 6) is -0.975. The number of hydrogen-bond donors (Lipinski definition) is 3. The molecule has 1 amide bonds. The van der Waals surface area contributed by atoms with Gasteiger partial charge in [0.25, 0.3) is 0 Å². The monoisotopic (exact) mass is 228 g/mol. The Kier molecular flexibility index (Phi) is 8.15. The van der Waals surface area contributed by atoms with E-state index in [9.17, 15) is 9.59 Å². The Hall–Kier alpha value is -1.36. The molecule has 0 fully saturated rings. The zero-order chi connectivity index (χ0) is 12.4. The van der Waals surface area contributed by atoms with Crippen LogP contribution in [0.25, 0.3) is 0 Å². The lowest BCUT2D eigenvalue weighted by atomic mass is 10.1. The lowest BCUT2D eigenvalue weighted by molar-refractivity contribution is -0.138. The molecule has 0 aromatic rings. The molecule has 0 radical (unpaired) electrons. The standard InChI is InChI=1S/C11H20N2O3/c1-2-3-7-10(14)13-8-5-4-6-9(12)11(15)16/h2,9H,1,3-8,12H2,(H,13,14)(H,15,16). The van der Waals surface area contributed by atoms with E-state index < -0.39 is 12.0 Å². The minimum atomic E-state index is -0.977. The molecule has 16 heavy (non-hydrogen) atoms. The summed E-state index contributed by atoms with van der Waals surface area (Å²) in [6.07, 6.45) is 4.73. The van der Waals surface area contributed by atoms with Crippen LogP contribution >= 0.6 is 0 Å². The van der Waals surface area contributed by atoms with Gasteiger partial charge in [-0.2, -0.15) is 0 Å². The summed E-state index contributed by atoms with van der Waals surface area (Å²) in [5.41, 5.74) is 5.33. The van der Waals surface area contributed by atoms with Crippen molar-refractivity contribution in [3.8, 4) is 0 Å². The van der Waals surface area contributed by atoms with Crippen LogP contribution in [0.3, 0.4) is 0 Å². The zero-order valence-electron chi connectivity index (χ0n) is 9.45. The second kappa shape index (κ2) is 8.91. The van der Waals surface area contributed by atoms with Gasteiger partial charge in [-0.05, 0) is 25.7 Å². The number of carbonyl (C=O) groups is 2. The van der Waals surface area contributed by atoms with Crippen molar-refractivity contribution in [2.24, 2.45) is 5.73 Å². The van der Waals surface area contributed by atoms with E-state index in [2.05, 4.69) is 11.9 Å². The summed E-state index contributed by atoms with van der Waals surface area (Å²) in [7, 11) is 0. The minimum absolute atomic E-state index is 0.00225. The molecule has 0 bridgehead atoms. The number of aliphatic carboxylic acids is 1. The predicted octanol–water partition coefficient (Wildman–Crippen LogP) is 0.651. The number of rotatable bonds is 9. The lowest BCUT2D eigenvalue weighted by Gasteiger charge is -2.06. The molecule has 0 aliphatic heterocycles. The number of allylic oxidation sites excluding steroid dienone is 1. The molecular formula is C11H20N2O3. The van der Waals surface area contributed by atoms with Gasteiger partial charge in [0.05, 0.1) is 0 Å². The third kappa shape index (κ3) is 7.99. The molecule has 0 aliphatic rings. The number of carbonyl (C=O) groups excluding carboxylic acids is 1. The zero-order valence-corrected chi connectivity index (χ0v) is 9.45. The Balaban J connectivity index is 3.36. The number of carboxylic acids is 1. The highest BCUT2D eigenvalue weighted by Gasteiger charge is 2.09. The second-order valence-corrected chi connectivity index (χ2v) is 3.62. The highest BCUT2D eigenvalue weighted by Crippen LogP contribution is 1.98. The number of hydrogen-bond acceptors (Lipinski definition) is 3. The van der Waals surface area contributed by atoms with E-state index in [1.807, 2.05) is 0 Å². The van der Waals surface area contributed by atoms with Crippen molar-refractivity contribution in [2.45, 2.75) is 38.1 Å². The third-order valence-corrected chi connectivity index (χ3v) is 2.16. The Labute approximate surface area is 95.7 Å². The smallest absolute Gasteiger partial charge is 0.320 e. The molecule has 1 atom stereocenters. The molecule has 5 nitrogen and oxygen atoms in total. The van der Waals surface area contributed by atoms with Crippen LogP contribution in [0.15, 0.2) is 12.7 Å². The number of unbranched alkanes of at least 4 members (excludes halogenated alkanes) is 1. The van der Waals surface area contributed by atoms with Crippen LogP contribution in [-0.2, 0) is 9.59 Å². The van der Waals surface area contributed by atoms with Crippen LogP contribution in [0.1, 0.15) is 32.1 Å². The average Bonchev–Trinajstić information content (AvgIpc) is 2.25. The van der Waals surface area contributed by atoms with E-state index in [1.165, 1.54) is 0 Å². The fourth-order valence-electron chi connectivity index (χ4n) is 1.16. The van der Waals surface area contributed by atoms with E-state index in [0.29, 0.717) is 32.2 Å². The van der Waals surface area contributed by atoms with Gasteiger partial charge in [-0.3, -0.25) is 9.59 Å². The highest BCUT2D eigenvalue weighted by atomic mass is 16.4. The van der Waals surface area contributed by atoms with Crippen molar-refractivity contribution < 1.29 is 14.7 Å². The van der Waals surface area contributed by atoms with Gasteiger partial charge in [0.15, 0.2) is 0 Å². The summed E-state index contributed by atoms with van der Waals surface area (Å²) >= 11 is 0. The fraction of sp³-hybridized carbons (Fsp3) is 0.636. The Morgan fingerprint density at radius 2 is 2.12 bits per heavy atom. The molecule has 0 aromatic carbocycles. The SMILES string of the molecule is C=CCCC(=O)NCCCCC(N)C(=O)O. The molecule has 0 heterocycles. The van der Waals surface area contributed by atoms with Crippen LogP contribution < -0.4 is 11.1 Å². The first kappa shape index (κ1) is 14.6. The summed E-state index contributed by atoms with van der Waals surface area (Å²) in [5, 5.41) is 11.3. The van der Waals surface area contributed by atoms with Crippen molar-refractivity contribution in [3.63, 3.8) is 0 Å². The van der Waals surface area contributed by atoms with Crippen LogP contribution in [0, 0.1) is 0 Å². The van der Waals surface area contributed by atoms with Crippen LogP contribution in [0.5, 0.6) is 0 Å². The van der Waals surface area contributed by atoms with E-state index in [0.717, 1.165) is 6.42 Å². The molecule has 0 spiro atoms. The molecule has 0 rings (SSSR count). The predicted molar refractivity (Wildman–Crippen MR) is 61.9 cm³/mol. The molecule has 1 unspecified atom stereocenters. The quantitative estimate of drug-likeness (QED) is 0.399. The molecule has 0 aromatic heterocycles. The number of carboxylic acid groups (broad SMARTS) is 1. The summed E-state index contributed by atoms with van der Waals surface area (Å²) in [6, 6.07) is -0.795. The van der Waals surface area contributed by atoms with Crippen LogP contribution in [0.2, 0.25) is 0 Å². The molecule has 0 aliphatic carbocycles. The third-order valence-electron chi connectivity index (χ3n) is 2.16. The summed E-state index contributed by atoms with van der Waals surface area (Å²) in [4.78, 5) is 21.5. The Morgan fingerprint density at radius 1 is 1.44 bits per heavy atom. The van der Waals surface area contributed by atoms with Crippen molar-refractivity contribution in [3.05, 3.63) is 12.7 Å². The van der Waals surface area contributed by atoms with Crippen LogP contribution in [-0.4, -0.2) is 29.6 Å². The van der Waals surface area contributed by atoms with E-state index in [1.54, 1.807) is 6.08 Å². The number of amides is 1. The maximum Gasteiger partial charge on any atom is 0.320 e. The van der Waals surface area contributed by atoms with Crippen molar-refractivity contribution >= 4 is 11.9 Å². The first-order valence-corrected chi connectivity index (χ1v) is 5.44. The normalized spacial score (nSPS) is 11.8. The van der Waals surface area contributed by atoms with Gasteiger partial charge in [0, 0.05) is 13.0 Å². The summed E-state index contributed by atoms with van der Waals surface area (Å²) < 4.78 is 0. The van der Waals surface area contributed by atoms with Gasteiger partial charge in [0.2, 0.25) is 5.91 Å². The molecule has 92 valence electrons. The minimum Gasteiger partial charge on any atom is -0.480 e. The number of nitrogens with two attached hydrogens (primary N) is 1. The number of nitrogens with one attached hydrogen (secondary N) is 1. The largest absolute Gasteiger partial charge is 0.480 e. The Bertz CT molecular complexity index is 241. The van der Waals surface area contributed by atoms with Crippen molar-refractivity contribution in [2.75, 3.05) is 6.54 Å². The first-order valence-electron chi connectivity index (χ1n) is 5.44. The van der Waals surface area contributed by atoms with Crippen molar-refractivity contribution in [1.29, 1.82) is 0 Å². The van der Waals surface area contributed by atoms with Gasteiger partial charge in [0.1, 0.15) is 6.04 Å². The molecule has 4 N–H and O–H groups in total. The van der Waals surface area contributed by atoms with Gasteiger partial charge in [-0.1, -0.05) is 6.08 Å². The maximum atomic E-state index is 11.1. The molecular weight excluding hydrogens is 208 g/mol. The van der Waals surface area contributed by atoms with Gasteiger partial charge in [-0.25, -0.2) is 0 Å². The van der Waals surface area contributed by atoms with Gasteiger partial charge in [-0.15, -0.1) is 6.58 Å². The van der Waals surface area contributed by atoms with Gasteiger partial charge < -0.3 is 16.2 Å². The molecule has 5 heteroatoms. The summed E-state index contributed by atoms with van der Waals surface area (Å²) in [6.45, 7) is 4.10. The fourth-order valence-corrected chi connectivity index (χ4v) is 1.16. The average molecular weight is 228 g/mol. The highest BCUT2D eigenvalue weighted by molar-refractivity contribution is 5.75. The lowest BCUT2D eigenvalue weighted by Crippen LogP contribution is -2.30. The topological polar surface area (TPSA) is 92.4 Å². The molecule has 0 saturated carbocycles. The maximum absolute atomic E-state index is 11.1. The van der Waals surface area contributed by atoms with E-state index in [4.69, 9.17) is 10.8 Å². The Morgan fingerprint density at radius 3 is 2.69 bits per heavy atom. The first-order chi connectivity index (χ1) is 7.57. The van der Waals surface area contributed by atoms with E-state index in [-0.39, 0.29) is 5.91 Å². The second-order valence-electron chi connectivity index (χ2n) is 3.62.